The normalized spacial score (nSPS) is 12.1. The van der Waals surface area contributed by atoms with Gasteiger partial charge in [0.25, 0.3) is 5.91 Å². The van der Waals surface area contributed by atoms with Crippen LogP contribution in [-0.2, 0) is 17.4 Å². The summed E-state index contributed by atoms with van der Waals surface area (Å²) < 4.78 is 38.3. The number of benzene rings is 3. The molecule has 1 unspecified atom stereocenters. The fourth-order valence-electron chi connectivity index (χ4n) is 3.66. The van der Waals surface area contributed by atoms with Gasteiger partial charge in [-0.15, -0.1) is 0 Å². The molecule has 36 heavy (non-hydrogen) atoms. The number of carboxylic acids is 1. The van der Waals surface area contributed by atoms with Gasteiger partial charge in [-0.1, -0.05) is 60.7 Å². The first-order chi connectivity index (χ1) is 17.2. The second kappa shape index (κ2) is 10.4. The summed E-state index contributed by atoms with van der Waals surface area (Å²) in [5, 5.41) is 12.1. The Morgan fingerprint density at radius 3 is 1.86 bits per heavy atom. The van der Waals surface area contributed by atoms with Crippen LogP contribution in [0.1, 0.15) is 21.6 Å². The van der Waals surface area contributed by atoms with E-state index in [0.717, 1.165) is 23.3 Å². The minimum absolute atomic E-state index is 0.000218. The molecular weight excluding hydrogens is 469 g/mol. The maximum Gasteiger partial charge on any atom is 0.416 e. The summed E-state index contributed by atoms with van der Waals surface area (Å²) in [7, 11) is 0. The fourth-order valence-corrected chi connectivity index (χ4v) is 3.66. The average Bonchev–Trinajstić information content (AvgIpc) is 2.89. The molecule has 0 aliphatic heterocycles. The molecule has 5 nitrogen and oxygen atoms in total. The van der Waals surface area contributed by atoms with Gasteiger partial charge >= 0.3 is 12.1 Å². The van der Waals surface area contributed by atoms with E-state index in [2.05, 4.69) is 10.3 Å². The van der Waals surface area contributed by atoms with Gasteiger partial charge in [-0.2, -0.15) is 13.2 Å². The van der Waals surface area contributed by atoms with Crippen LogP contribution in [0.5, 0.6) is 0 Å². The van der Waals surface area contributed by atoms with Crippen molar-refractivity contribution in [1.29, 1.82) is 0 Å². The Labute approximate surface area is 205 Å². The average molecular weight is 490 g/mol. The smallest absolute Gasteiger partial charge is 0.416 e. The van der Waals surface area contributed by atoms with Crippen molar-refractivity contribution in [1.82, 2.24) is 10.3 Å². The lowest BCUT2D eigenvalue weighted by Crippen LogP contribution is -2.42. The SMILES string of the molecule is O=C(NC(Cc1ccc(-c2ccccc2)cn1)C(=O)O)c1ccc(-c2ccc(C(F)(F)F)cc2)cc1. The van der Waals surface area contributed by atoms with Crippen LogP contribution in [0.3, 0.4) is 0 Å². The second-order valence-corrected chi connectivity index (χ2v) is 8.13. The van der Waals surface area contributed by atoms with E-state index < -0.39 is 29.7 Å². The van der Waals surface area contributed by atoms with Gasteiger partial charge in [0, 0.05) is 29.4 Å². The number of halogens is 3. The predicted octanol–water partition coefficient (Wildman–Crippen LogP) is 5.86. The van der Waals surface area contributed by atoms with Gasteiger partial charge in [-0.3, -0.25) is 9.78 Å². The standard InChI is InChI=1S/C28H21F3N2O3/c29-28(30,31)23-13-10-20(11-14-23)19-6-8-21(9-7-19)26(34)33-25(27(35)36)16-24-15-12-22(17-32-24)18-4-2-1-3-5-18/h1-15,17,25H,16H2,(H,33,34)(H,35,36). The summed E-state index contributed by atoms with van der Waals surface area (Å²) in [6.07, 6.45) is -2.76. The zero-order valence-electron chi connectivity index (χ0n) is 18.9. The number of carboxylic acid groups (broad SMARTS) is 1. The number of pyridine rings is 1. The van der Waals surface area contributed by atoms with Crippen molar-refractivity contribution in [2.75, 3.05) is 0 Å². The molecule has 1 atom stereocenters. The van der Waals surface area contributed by atoms with Crippen molar-refractivity contribution >= 4 is 11.9 Å². The molecule has 3 aromatic carbocycles. The number of aliphatic carboxylic acids is 1. The molecule has 0 saturated heterocycles. The highest BCUT2D eigenvalue weighted by Crippen LogP contribution is 2.31. The molecule has 0 spiro atoms. The Balaban J connectivity index is 1.42. The van der Waals surface area contributed by atoms with Crippen LogP contribution in [0.25, 0.3) is 22.3 Å². The number of alkyl halides is 3. The van der Waals surface area contributed by atoms with Gasteiger partial charge in [-0.25, -0.2) is 4.79 Å². The summed E-state index contributed by atoms with van der Waals surface area (Å²) in [5.74, 6) is -1.78. The van der Waals surface area contributed by atoms with E-state index in [0.29, 0.717) is 16.8 Å². The van der Waals surface area contributed by atoms with E-state index >= 15 is 0 Å². The molecule has 0 saturated carbocycles. The number of amides is 1. The number of aromatic nitrogens is 1. The molecule has 2 N–H and O–H groups in total. The summed E-state index contributed by atoms with van der Waals surface area (Å²) in [4.78, 5) is 28.8. The van der Waals surface area contributed by atoms with E-state index in [9.17, 15) is 27.9 Å². The highest BCUT2D eigenvalue weighted by atomic mass is 19.4. The third kappa shape index (κ3) is 5.96. The molecular formula is C28H21F3N2O3. The summed E-state index contributed by atoms with van der Waals surface area (Å²) in [5.41, 5.74) is 3.06. The molecule has 4 rings (SSSR count). The first-order valence-corrected chi connectivity index (χ1v) is 11.0. The molecule has 182 valence electrons. The number of hydrogen-bond donors (Lipinski definition) is 2. The quantitative estimate of drug-likeness (QED) is 0.340. The third-order valence-corrected chi connectivity index (χ3v) is 5.64. The molecule has 0 radical (unpaired) electrons. The topological polar surface area (TPSA) is 79.3 Å². The van der Waals surface area contributed by atoms with Gasteiger partial charge in [0.15, 0.2) is 0 Å². The lowest BCUT2D eigenvalue weighted by Gasteiger charge is -2.15. The van der Waals surface area contributed by atoms with Crippen molar-refractivity contribution in [3.05, 3.63) is 114 Å². The number of rotatable bonds is 7. The van der Waals surface area contributed by atoms with Crippen LogP contribution in [0.2, 0.25) is 0 Å². The van der Waals surface area contributed by atoms with Crippen LogP contribution in [0.15, 0.2) is 97.2 Å². The van der Waals surface area contributed by atoms with Gasteiger partial charge in [0.2, 0.25) is 0 Å². The van der Waals surface area contributed by atoms with Crippen molar-refractivity contribution in [2.45, 2.75) is 18.6 Å². The Kier molecular flexibility index (Phi) is 7.15. The van der Waals surface area contributed by atoms with Crippen LogP contribution in [-0.4, -0.2) is 28.0 Å². The Morgan fingerprint density at radius 1 is 0.778 bits per heavy atom. The van der Waals surface area contributed by atoms with Crippen molar-refractivity contribution in [3.63, 3.8) is 0 Å². The zero-order valence-corrected chi connectivity index (χ0v) is 18.9. The van der Waals surface area contributed by atoms with Crippen molar-refractivity contribution in [2.24, 2.45) is 0 Å². The zero-order chi connectivity index (χ0) is 25.7. The highest BCUT2D eigenvalue weighted by Gasteiger charge is 2.30. The minimum atomic E-state index is -4.42. The largest absolute Gasteiger partial charge is 0.480 e. The maximum atomic E-state index is 12.8. The Bertz CT molecular complexity index is 1340. The van der Waals surface area contributed by atoms with Gasteiger partial charge in [-0.05, 0) is 47.0 Å². The fraction of sp³-hybridized carbons (Fsp3) is 0.107. The summed E-state index contributed by atoms with van der Waals surface area (Å²) in [6, 6.07) is 22.9. The number of nitrogens with zero attached hydrogens (tertiary/aromatic N) is 1. The highest BCUT2D eigenvalue weighted by molar-refractivity contribution is 5.97. The van der Waals surface area contributed by atoms with E-state index in [1.807, 2.05) is 36.4 Å². The lowest BCUT2D eigenvalue weighted by atomic mass is 10.0. The molecule has 8 heteroatoms. The molecule has 0 aliphatic rings. The third-order valence-electron chi connectivity index (χ3n) is 5.64. The molecule has 0 bridgehead atoms. The van der Waals surface area contributed by atoms with Gasteiger partial charge in [0.1, 0.15) is 6.04 Å². The first kappa shape index (κ1) is 24.7. The number of carbonyl (C=O) groups is 2. The number of nitrogens with one attached hydrogen (secondary N) is 1. The van der Waals surface area contributed by atoms with E-state index in [1.165, 1.54) is 24.3 Å². The first-order valence-electron chi connectivity index (χ1n) is 11.0. The molecule has 0 aliphatic carbocycles. The maximum absolute atomic E-state index is 12.8. The van der Waals surface area contributed by atoms with Crippen LogP contribution in [0.4, 0.5) is 13.2 Å². The summed E-state index contributed by atoms with van der Waals surface area (Å²) >= 11 is 0. The summed E-state index contributed by atoms with van der Waals surface area (Å²) in [6.45, 7) is 0. The predicted molar refractivity (Wildman–Crippen MR) is 129 cm³/mol. The lowest BCUT2D eigenvalue weighted by molar-refractivity contribution is -0.139. The van der Waals surface area contributed by atoms with Crippen LogP contribution in [0, 0.1) is 0 Å². The Morgan fingerprint density at radius 2 is 1.33 bits per heavy atom. The number of carbonyl (C=O) groups excluding carboxylic acids is 1. The monoisotopic (exact) mass is 490 g/mol. The van der Waals surface area contributed by atoms with E-state index in [-0.39, 0.29) is 12.0 Å². The van der Waals surface area contributed by atoms with Crippen molar-refractivity contribution < 1.29 is 27.9 Å². The minimum Gasteiger partial charge on any atom is -0.480 e. The Hall–Kier alpha value is -4.46. The molecule has 1 heterocycles. The van der Waals surface area contributed by atoms with Gasteiger partial charge in [0.05, 0.1) is 5.56 Å². The molecule has 1 amide bonds. The van der Waals surface area contributed by atoms with Crippen molar-refractivity contribution in [3.8, 4) is 22.3 Å². The number of hydrogen-bond acceptors (Lipinski definition) is 3. The van der Waals surface area contributed by atoms with E-state index in [1.54, 1.807) is 24.4 Å². The molecule has 1 aromatic heterocycles. The molecule has 4 aromatic rings. The molecule has 0 fully saturated rings. The second-order valence-electron chi connectivity index (χ2n) is 8.13. The van der Waals surface area contributed by atoms with Gasteiger partial charge < -0.3 is 10.4 Å². The van der Waals surface area contributed by atoms with Crippen LogP contribution < -0.4 is 5.32 Å². The van der Waals surface area contributed by atoms with E-state index in [4.69, 9.17) is 0 Å². The van der Waals surface area contributed by atoms with Crippen LogP contribution >= 0.6 is 0 Å².